The molecule has 0 aliphatic carbocycles. The Kier molecular flexibility index (Phi) is 6.36. The fourth-order valence-corrected chi connectivity index (χ4v) is 2.15. The zero-order valence-corrected chi connectivity index (χ0v) is 14.3. The van der Waals surface area contributed by atoms with Crippen molar-refractivity contribution in [3.63, 3.8) is 0 Å². The molecule has 0 saturated carbocycles. The molecule has 7 heteroatoms. The quantitative estimate of drug-likeness (QED) is 0.587. The summed E-state index contributed by atoms with van der Waals surface area (Å²) in [6, 6.07) is 9.31. The van der Waals surface area contributed by atoms with Crippen LogP contribution >= 0.6 is 0 Å². The summed E-state index contributed by atoms with van der Waals surface area (Å²) < 4.78 is 0. The van der Waals surface area contributed by atoms with E-state index in [0.29, 0.717) is 19.0 Å². The number of hydrogen-bond donors (Lipinski definition) is 4. The molecule has 0 aliphatic rings. The summed E-state index contributed by atoms with van der Waals surface area (Å²) in [7, 11) is 0. The van der Waals surface area contributed by atoms with E-state index in [2.05, 4.69) is 31.2 Å². The molecule has 1 aromatic carbocycles. The number of anilines is 3. The second kappa shape index (κ2) is 8.71. The number of para-hydroxylation sites is 1. The normalized spacial score (nSPS) is 10.1. The van der Waals surface area contributed by atoms with Gasteiger partial charge >= 0.3 is 6.03 Å². The zero-order valence-electron chi connectivity index (χ0n) is 14.3. The molecule has 1 heterocycles. The molecule has 2 amide bonds. The van der Waals surface area contributed by atoms with Gasteiger partial charge in [-0.3, -0.25) is 0 Å². The topological polar surface area (TPSA) is 91.0 Å². The van der Waals surface area contributed by atoms with E-state index in [1.807, 2.05) is 51.1 Å². The highest BCUT2D eigenvalue weighted by atomic mass is 16.2. The van der Waals surface area contributed by atoms with E-state index in [0.717, 1.165) is 29.3 Å². The molecule has 0 aliphatic heterocycles. The van der Waals surface area contributed by atoms with Gasteiger partial charge in [0, 0.05) is 37.1 Å². The molecule has 0 unspecified atom stereocenters. The fourth-order valence-electron chi connectivity index (χ4n) is 2.15. The average Bonchev–Trinajstić information content (AvgIpc) is 2.54. The summed E-state index contributed by atoms with van der Waals surface area (Å²) in [5.74, 6) is 1.34. The molecule has 7 nitrogen and oxygen atoms in total. The van der Waals surface area contributed by atoms with Crippen molar-refractivity contribution in [2.75, 3.05) is 35.6 Å². The van der Waals surface area contributed by atoms with Gasteiger partial charge in [0.2, 0.25) is 5.95 Å². The van der Waals surface area contributed by atoms with E-state index in [1.165, 1.54) is 0 Å². The van der Waals surface area contributed by atoms with Crippen molar-refractivity contribution in [2.24, 2.45) is 0 Å². The van der Waals surface area contributed by atoms with Gasteiger partial charge in [0.1, 0.15) is 5.82 Å². The summed E-state index contributed by atoms with van der Waals surface area (Å²) in [6.45, 7) is 7.69. The average molecular weight is 328 g/mol. The van der Waals surface area contributed by atoms with Crippen LogP contribution in [-0.2, 0) is 0 Å². The highest BCUT2D eigenvalue weighted by Gasteiger charge is 2.04. The number of urea groups is 1. The summed E-state index contributed by atoms with van der Waals surface area (Å²) in [5.41, 5.74) is 2.71. The second-order valence-electron chi connectivity index (χ2n) is 5.37. The van der Waals surface area contributed by atoms with E-state index >= 15 is 0 Å². The first-order chi connectivity index (χ1) is 11.6. The molecule has 0 atom stereocenters. The third-order valence-corrected chi connectivity index (χ3v) is 3.30. The molecule has 0 bridgehead atoms. The Bertz CT molecular complexity index is 689. The lowest BCUT2D eigenvalue weighted by atomic mass is 10.2. The monoisotopic (exact) mass is 328 g/mol. The van der Waals surface area contributed by atoms with Crippen LogP contribution in [-0.4, -0.2) is 35.6 Å². The first kappa shape index (κ1) is 17.5. The highest BCUT2D eigenvalue weighted by Crippen LogP contribution is 2.12. The van der Waals surface area contributed by atoms with Gasteiger partial charge in [0.15, 0.2) is 0 Å². The van der Waals surface area contributed by atoms with Crippen LogP contribution in [0, 0.1) is 13.8 Å². The molecule has 1 aromatic heterocycles. The molecule has 0 radical (unpaired) electrons. The number of rotatable bonds is 7. The molecule has 0 spiro atoms. The van der Waals surface area contributed by atoms with Crippen molar-refractivity contribution in [2.45, 2.75) is 20.8 Å². The molecule has 24 heavy (non-hydrogen) atoms. The Morgan fingerprint density at radius 1 is 1.08 bits per heavy atom. The predicted octanol–water partition coefficient (Wildman–Crippen LogP) is 2.76. The maximum Gasteiger partial charge on any atom is 0.319 e. The lowest BCUT2D eigenvalue weighted by Crippen LogP contribution is -2.33. The molecular weight excluding hydrogens is 304 g/mol. The number of aromatic nitrogens is 2. The number of aryl methyl sites for hydroxylation is 2. The Balaban J connectivity index is 1.76. The van der Waals surface area contributed by atoms with Crippen LogP contribution in [0.15, 0.2) is 30.3 Å². The SMILES string of the molecule is CCNc1cc(C)nc(NCCNC(=O)Nc2ccccc2C)n1. The third kappa shape index (κ3) is 5.42. The Morgan fingerprint density at radius 3 is 2.62 bits per heavy atom. The van der Waals surface area contributed by atoms with Crippen LogP contribution in [0.1, 0.15) is 18.2 Å². The van der Waals surface area contributed by atoms with Gasteiger partial charge in [0.05, 0.1) is 0 Å². The number of carbonyl (C=O) groups excluding carboxylic acids is 1. The van der Waals surface area contributed by atoms with Gasteiger partial charge < -0.3 is 21.3 Å². The van der Waals surface area contributed by atoms with Crippen LogP contribution in [0.5, 0.6) is 0 Å². The molecule has 2 rings (SSSR count). The third-order valence-electron chi connectivity index (χ3n) is 3.30. The first-order valence-electron chi connectivity index (χ1n) is 8.02. The maximum absolute atomic E-state index is 11.9. The molecule has 128 valence electrons. The molecule has 4 N–H and O–H groups in total. The smallest absolute Gasteiger partial charge is 0.319 e. The molecule has 2 aromatic rings. The largest absolute Gasteiger partial charge is 0.370 e. The van der Waals surface area contributed by atoms with Crippen molar-refractivity contribution < 1.29 is 4.79 Å². The number of hydrogen-bond acceptors (Lipinski definition) is 5. The minimum atomic E-state index is -0.232. The van der Waals surface area contributed by atoms with Crippen LogP contribution < -0.4 is 21.3 Å². The number of nitrogens with one attached hydrogen (secondary N) is 4. The minimum absolute atomic E-state index is 0.232. The van der Waals surface area contributed by atoms with Crippen molar-refractivity contribution in [1.29, 1.82) is 0 Å². The number of amides is 2. The summed E-state index contributed by atoms with van der Waals surface area (Å²) in [6.07, 6.45) is 0. The van der Waals surface area contributed by atoms with E-state index in [1.54, 1.807) is 0 Å². The fraction of sp³-hybridized carbons (Fsp3) is 0.353. The van der Waals surface area contributed by atoms with Crippen molar-refractivity contribution >= 4 is 23.5 Å². The van der Waals surface area contributed by atoms with E-state index in [-0.39, 0.29) is 6.03 Å². The maximum atomic E-state index is 11.9. The minimum Gasteiger partial charge on any atom is -0.370 e. The number of benzene rings is 1. The van der Waals surface area contributed by atoms with Gasteiger partial charge in [-0.2, -0.15) is 4.98 Å². The Morgan fingerprint density at radius 2 is 1.88 bits per heavy atom. The van der Waals surface area contributed by atoms with Gasteiger partial charge in [0.25, 0.3) is 0 Å². The summed E-state index contributed by atoms with van der Waals surface area (Å²) in [4.78, 5) is 20.6. The van der Waals surface area contributed by atoms with E-state index in [9.17, 15) is 4.79 Å². The number of carbonyl (C=O) groups is 1. The van der Waals surface area contributed by atoms with E-state index < -0.39 is 0 Å². The lowest BCUT2D eigenvalue weighted by Gasteiger charge is -2.11. The van der Waals surface area contributed by atoms with Gasteiger partial charge in [-0.1, -0.05) is 18.2 Å². The van der Waals surface area contributed by atoms with Crippen molar-refractivity contribution in [3.8, 4) is 0 Å². The summed E-state index contributed by atoms with van der Waals surface area (Å²) in [5, 5.41) is 11.9. The van der Waals surface area contributed by atoms with Gasteiger partial charge in [-0.15, -0.1) is 0 Å². The second-order valence-corrected chi connectivity index (χ2v) is 5.37. The molecule has 0 fully saturated rings. The highest BCUT2D eigenvalue weighted by molar-refractivity contribution is 5.90. The van der Waals surface area contributed by atoms with E-state index in [4.69, 9.17) is 0 Å². The van der Waals surface area contributed by atoms with Crippen LogP contribution in [0.4, 0.5) is 22.2 Å². The van der Waals surface area contributed by atoms with Crippen LogP contribution in [0.3, 0.4) is 0 Å². The van der Waals surface area contributed by atoms with Crippen LogP contribution in [0.2, 0.25) is 0 Å². The van der Waals surface area contributed by atoms with Gasteiger partial charge in [-0.25, -0.2) is 9.78 Å². The number of nitrogens with zero attached hydrogens (tertiary/aromatic N) is 2. The summed E-state index contributed by atoms with van der Waals surface area (Å²) >= 11 is 0. The molecular formula is C17H24N6O. The van der Waals surface area contributed by atoms with Crippen LogP contribution in [0.25, 0.3) is 0 Å². The standard InChI is InChI=1S/C17H24N6O/c1-4-18-15-11-13(3)21-16(23-15)19-9-10-20-17(24)22-14-8-6-5-7-12(14)2/h5-8,11H,4,9-10H2,1-3H3,(H2,20,22,24)(H2,18,19,21,23). The van der Waals surface area contributed by atoms with Crippen molar-refractivity contribution in [3.05, 3.63) is 41.6 Å². The van der Waals surface area contributed by atoms with Gasteiger partial charge in [-0.05, 0) is 32.4 Å². The predicted molar refractivity (Wildman–Crippen MR) is 97.6 cm³/mol. The lowest BCUT2D eigenvalue weighted by molar-refractivity contribution is 0.252. The van der Waals surface area contributed by atoms with Crippen molar-refractivity contribution in [1.82, 2.24) is 15.3 Å². The zero-order chi connectivity index (χ0) is 17.4. The Hall–Kier alpha value is -2.83. The Labute approximate surface area is 142 Å². The first-order valence-corrected chi connectivity index (χ1v) is 8.02. The molecule has 0 saturated heterocycles.